The maximum Gasteiger partial charge on any atom is 0.341 e. The molecule has 1 aromatic heterocycles. The molecule has 10 heteroatoms. The van der Waals surface area contributed by atoms with Crippen molar-refractivity contribution in [3.8, 4) is 5.75 Å². The van der Waals surface area contributed by atoms with Crippen LogP contribution >= 0.6 is 0 Å². The molecule has 9 nitrogen and oxygen atoms in total. The van der Waals surface area contributed by atoms with Gasteiger partial charge in [0.15, 0.2) is 11.6 Å². The zero-order valence-electron chi connectivity index (χ0n) is 22.6. The summed E-state index contributed by atoms with van der Waals surface area (Å²) in [4.78, 5) is 38.1. The number of amides is 1. The van der Waals surface area contributed by atoms with Crippen LogP contribution in [0.15, 0.2) is 11.0 Å². The average molecular weight is 553 g/mol. The summed E-state index contributed by atoms with van der Waals surface area (Å²) in [5.41, 5.74) is 4.48. The van der Waals surface area contributed by atoms with Gasteiger partial charge in [-0.25, -0.2) is 9.18 Å². The smallest absolute Gasteiger partial charge is 0.341 e. The van der Waals surface area contributed by atoms with E-state index in [0.29, 0.717) is 36.9 Å². The minimum atomic E-state index is -1.37. The Morgan fingerprint density at radius 3 is 2.42 bits per heavy atom. The topological polar surface area (TPSA) is 136 Å². The van der Waals surface area contributed by atoms with E-state index in [1.54, 1.807) is 0 Å². The van der Waals surface area contributed by atoms with Crippen molar-refractivity contribution >= 4 is 34.2 Å². The number of carboxylic acids is 1. The number of aromatic carboxylic acids is 1. The van der Waals surface area contributed by atoms with Gasteiger partial charge in [-0.1, -0.05) is 12.8 Å². The number of carbonyl (C=O) groups is 2. The van der Waals surface area contributed by atoms with Gasteiger partial charge in [0.25, 0.3) is 0 Å². The van der Waals surface area contributed by atoms with Crippen LogP contribution in [0.2, 0.25) is 0 Å². The summed E-state index contributed by atoms with van der Waals surface area (Å²) >= 11 is 0. The maximum atomic E-state index is 15.6. The lowest BCUT2D eigenvalue weighted by atomic mass is 9.51. The van der Waals surface area contributed by atoms with Gasteiger partial charge in [0, 0.05) is 25.2 Å². The summed E-state index contributed by atoms with van der Waals surface area (Å²) in [7, 11) is 0. The number of benzene rings is 1. The van der Waals surface area contributed by atoms with Crippen molar-refractivity contribution in [2.45, 2.75) is 69.7 Å². The number of pyridine rings is 1. The molecule has 4 bridgehead atoms. The lowest BCUT2D eigenvalue weighted by Crippen LogP contribution is -2.51. The first kappa shape index (κ1) is 25.7. The number of anilines is 2. The Labute approximate surface area is 231 Å². The molecule has 6 aliphatic rings. The molecular weight excluding hydrogens is 515 g/mol. The molecule has 214 valence electrons. The Morgan fingerprint density at radius 2 is 1.77 bits per heavy atom. The number of carboxylic acid groups (broad SMARTS) is 1. The van der Waals surface area contributed by atoms with E-state index < -0.39 is 28.3 Å². The van der Waals surface area contributed by atoms with Crippen LogP contribution in [0.3, 0.4) is 0 Å². The fraction of sp³-hybridized carbons (Fsp3) is 0.633. The predicted octanol–water partition coefficient (Wildman–Crippen LogP) is 4.07. The van der Waals surface area contributed by atoms with E-state index in [0.717, 1.165) is 37.5 Å². The number of hydrogen-bond donors (Lipinski definition) is 4. The first-order chi connectivity index (χ1) is 19.3. The van der Waals surface area contributed by atoms with Crippen molar-refractivity contribution in [3.05, 3.63) is 27.8 Å². The van der Waals surface area contributed by atoms with E-state index >= 15 is 4.39 Å². The number of ether oxygens (including phenoxy) is 1. The van der Waals surface area contributed by atoms with E-state index in [4.69, 9.17) is 10.5 Å². The van der Waals surface area contributed by atoms with Crippen molar-refractivity contribution < 1.29 is 23.8 Å². The number of hydrogen-bond acceptors (Lipinski definition) is 6. The first-order valence-electron chi connectivity index (χ1n) is 14.9. The average Bonchev–Trinajstić information content (AvgIpc) is 3.38. The predicted molar refractivity (Wildman–Crippen MR) is 148 cm³/mol. The molecule has 1 aliphatic heterocycles. The molecule has 5 fully saturated rings. The molecule has 0 saturated heterocycles. The van der Waals surface area contributed by atoms with E-state index in [1.165, 1.54) is 38.3 Å². The van der Waals surface area contributed by atoms with Gasteiger partial charge in [-0.05, 0) is 75.0 Å². The Bertz CT molecular complexity index is 1430. The van der Waals surface area contributed by atoms with Crippen LogP contribution in [0, 0.1) is 35.4 Å². The van der Waals surface area contributed by atoms with Gasteiger partial charge in [0.05, 0.1) is 22.1 Å². The van der Waals surface area contributed by atoms with Crippen LogP contribution < -0.4 is 26.5 Å². The summed E-state index contributed by atoms with van der Waals surface area (Å²) in [6.07, 6.45) is 11.5. The highest BCUT2D eigenvalue weighted by molar-refractivity contribution is 6.03. The maximum absolute atomic E-state index is 15.6. The van der Waals surface area contributed by atoms with Crippen LogP contribution in [0.25, 0.3) is 10.9 Å². The standard InChI is InChI=1S/C30H37FN4O5/c31-22-23(32)21-25-27(40-14-30(4-1-2-5-30)35(25)13-19(26(21)36)29(38)39)24(22)33-6-3-7-34-28(37)20-17-9-15-8-16(11-17)12-18(20)10-15/h13,15-18,20,33H,1-12,14,32H2,(H,34,37)(H,38,39). The molecule has 5 saturated carbocycles. The second kappa shape index (κ2) is 9.38. The molecule has 2 heterocycles. The summed E-state index contributed by atoms with van der Waals surface area (Å²) in [6.45, 7) is 1.10. The third kappa shape index (κ3) is 3.81. The van der Waals surface area contributed by atoms with Gasteiger partial charge in [-0.15, -0.1) is 0 Å². The summed E-state index contributed by atoms with van der Waals surface area (Å²) in [5, 5.41) is 15.8. The van der Waals surface area contributed by atoms with Gasteiger partial charge in [-0.2, -0.15) is 0 Å². The summed E-state index contributed by atoms with van der Waals surface area (Å²) in [5.74, 6) is 0.973. The Balaban J connectivity index is 1.10. The quantitative estimate of drug-likeness (QED) is 0.300. The van der Waals surface area contributed by atoms with Crippen molar-refractivity contribution in [2.75, 3.05) is 30.7 Å². The number of halogens is 1. The zero-order chi connectivity index (χ0) is 27.8. The number of nitrogens with two attached hydrogens (primary N) is 1. The highest BCUT2D eigenvalue weighted by Gasteiger charge is 2.50. The molecule has 40 heavy (non-hydrogen) atoms. The highest BCUT2D eigenvalue weighted by Crippen LogP contribution is 2.56. The molecule has 0 atom stereocenters. The monoisotopic (exact) mass is 552 g/mol. The molecule has 1 amide bonds. The van der Waals surface area contributed by atoms with Crippen molar-refractivity contribution in [3.63, 3.8) is 0 Å². The van der Waals surface area contributed by atoms with Crippen LogP contribution in [-0.4, -0.2) is 41.2 Å². The number of nitrogens with one attached hydrogen (secondary N) is 2. The van der Waals surface area contributed by atoms with E-state index in [2.05, 4.69) is 10.6 Å². The molecule has 1 spiro atoms. The number of nitrogen functional groups attached to an aromatic ring is 1. The van der Waals surface area contributed by atoms with Crippen LogP contribution in [0.5, 0.6) is 5.75 Å². The van der Waals surface area contributed by atoms with Crippen molar-refractivity contribution in [2.24, 2.45) is 29.6 Å². The van der Waals surface area contributed by atoms with Gasteiger partial charge in [-0.3, -0.25) is 9.59 Å². The zero-order valence-corrected chi connectivity index (χ0v) is 22.6. The number of rotatable bonds is 7. The second-order valence-corrected chi connectivity index (χ2v) is 13.0. The van der Waals surface area contributed by atoms with Gasteiger partial charge < -0.3 is 30.8 Å². The molecule has 1 aromatic carbocycles. The highest BCUT2D eigenvalue weighted by atomic mass is 19.1. The fourth-order valence-electron chi connectivity index (χ4n) is 9.05. The minimum absolute atomic E-state index is 0.0708. The van der Waals surface area contributed by atoms with E-state index in [-0.39, 0.29) is 40.9 Å². The van der Waals surface area contributed by atoms with E-state index in [1.807, 2.05) is 4.57 Å². The van der Waals surface area contributed by atoms with Crippen molar-refractivity contribution in [1.82, 2.24) is 9.88 Å². The van der Waals surface area contributed by atoms with E-state index in [9.17, 15) is 19.5 Å². The number of carbonyl (C=O) groups excluding carboxylic acids is 1. The van der Waals surface area contributed by atoms with Gasteiger partial charge >= 0.3 is 5.97 Å². The lowest BCUT2D eigenvalue weighted by molar-refractivity contribution is -0.138. The molecule has 2 aromatic rings. The molecule has 8 rings (SSSR count). The second-order valence-electron chi connectivity index (χ2n) is 13.0. The molecule has 0 radical (unpaired) electrons. The third-order valence-corrected chi connectivity index (χ3v) is 10.6. The molecule has 5 N–H and O–H groups in total. The summed E-state index contributed by atoms with van der Waals surface area (Å²) < 4.78 is 23.6. The Morgan fingerprint density at radius 1 is 1.10 bits per heavy atom. The van der Waals surface area contributed by atoms with Gasteiger partial charge in [0.2, 0.25) is 11.3 Å². The number of nitrogens with zero attached hydrogens (tertiary/aromatic N) is 1. The Hall–Kier alpha value is -3.30. The number of aromatic nitrogens is 1. The van der Waals surface area contributed by atoms with Crippen molar-refractivity contribution in [1.29, 1.82) is 0 Å². The Kier molecular flexibility index (Phi) is 6.02. The van der Waals surface area contributed by atoms with Crippen LogP contribution in [0.4, 0.5) is 15.8 Å². The largest absolute Gasteiger partial charge is 0.487 e. The third-order valence-electron chi connectivity index (χ3n) is 10.6. The first-order valence-corrected chi connectivity index (χ1v) is 14.9. The van der Waals surface area contributed by atoms with Crippen LogP contribution in [0.1, 0.15) is 74.6 Å². The SMILES string of the molecule is Nc1c(F)c(NCCCNC(=O)C2C3CC4CC(C3)CC2C4)c2c3c1c(=O)c(C(=O)O)cn3C1(CCCC1)CO2. The summed E-state index contributed by atoms with van der Waals surface area (Å²) in [6, 6.07) is 0. The van der Waals surface area contributed by atoms with Gasteiger partial charge in [0.1, 0.15) is 17.9 Å². The van der Waals surface area contributed by atoms with Crippen LogP contribution in [-0.2, 0) is 10.3 Å². The molecule has 0 unspecified atom stereocenters. The normalized spacial score (nSPS) is 29.1. The minimum Gasteiger partial charge on any atom is -0.487 e. The molecule has 5 aliphatic carbocycles. The lowest BCUT2D eigenvalue weighted by Gasteiger charge is -2.53. The fourth-order valence-corrected chi connectivity index (χ4v) is 9.05. The number of fused-ring (bicyclic) bond motifs is 1. The molecular formula is C30H37FN4O5.